The molecule has 0 aliphatic heterocycles. The Bertz CT molecular complexity index is 1560. The van der Waals surface area contributed by atoms with E-state index in [1.54, 1.807) is 41.8 Å². The molecule has 0 unspecified atom stereocenters. The van der Waals surface area contributed by atoms with Gasteiger partial charge in [0.05, 0.1) is 31.3 Å². The third kappa shape index (κ3) is 6.22. The summed E-state index contributed by atoms with van der Waals surface area (Å²) in [5.41, 5.74) is 2.79. The molecule has 0 radical (unpaired) electrons. The fourth-order valence-corrected chi connectivity index (χ4v) is 7.38. The van der Waals surface area contributed by atoms with Crippen molar-refractivity contribution in [1.82, 2.24) is 5.32 Å². The van der Waals surface area contributed by atoms with E-state index in [9.17, 15) is 23.2 Å². The van der Waals surface area contributed by atoms with Gasteiger partial charge in [0.25, 0.3) is 11.2 Å². The van der Waals surface area contributed by atoms with Crippen LogP contribution >= 0.6 is 23.1 Å². The molecule has 2 aromatic carbocycles. The molecule has 42 heavy (non-hydrogen) atoms. The third-order valence-corrected chi connectivity index (χ3v) is 9.35. The second-order valence-electron chi connectivity index (χ2n) is 10.5. The minimum Gasteiger partial charge on any atom is -0.496 e. The van der Waals surface area contributed by atoms with Crippen LogP contribution in [0.15, 0.2) is 64.9 Å². The van der Waals surface area contributed by atoms with Gasteiger partial charge in [-0.3, -0.25) is 9.59 Å². The fraction of sp³-hybridized carbons (Fsp3) is 0.323. The Morgan fingerprint density at radius 3 is 2.55 bits per heavy atom. The molecule has 1 aromatic heterocycles. The normalized spacial score (nSPS) is 20.8. The van der Waals surface area contributed by atoms with Crippen LogP contribution < -0.4 is 15.4 Å². The van der Waals surface area contributed by atoms with Crippen LogP contribution in [0.3, 0.4) is 0 Å². The first-order valence-corrected chi connectivity index (χ1v) is 15.0. The van der Waals surface area contributed by atoms with Crippen molar-refractivity contribution < 1.29 is 32.6 Å². The predicted octanol–water partition coefficient (Wildman–Crippen LogP) is 6.78. The molecule has 2 aliphatic carbocycles. The van der Waals surface area contributed by atoms with E-state index in [1.807, 2.05) is 19.1 Å². The summed E-state index contributed by atoms with van der Waals surface area (Å²) in [5.74, 6) is -1.34. The number of thiophene rings is 1. The van der Waals surface area contributed by atoms with E-state index in [1.165, 1.54) is 31.6 Å². The molecule has 0 saturated heterocycles. The van der Waals surface area contributed by atoms with Crippen molar-refractivity contribution in [2.24, 2.45) is 17.8 Å². The lowest BCUT2D eigenvalue weighted by Gasteiger charge is -2.28. The number of hydrogen-bond donors (Lipinski definition) is 2. The van der Waals surface area contributed by atoms with Gasteiger partial charge in [-0.1, -0.05) is 30.0 Å². The van der Waals surface area contributed by atoms with Gasteiger partial charge < -0.3 is 20.1 Å². The van der Waals surface area contributed by atoms with Gasteiger partial charge in [0.15, 0.2) is 0 Å². The number of carbonyl (C=O) groups is 3. The highest BCUT2D eigenvalue weighted by atomic mass is 32.2. The van der Waals surface area contributed by atoms with Crippen molar-refractivity contribution in [2.75, 3.05) is 19.5 Å². The summed E-state index contributed by atoms with van der Waals surface area (Å²) < 4.78 is 37.4. The average molecular weight is 613 g/mol. The van der Waals surface area contributed by atoms with Gasteiger partial charge in [-0.05, 0) is 72.7 Å². The highest BCUT2D eigenvalue weighted by molar-refractivity contribution is 8.00. The maximum atomic E-state index is 13.7. The van der Waals surface area contributed by atoms with Crippen molar-refractivity contribution in [3.63, 3.8) is 0 Å². The lowest BCUT2D eigenvalue weighted by atomic mass is 9.87. The monoisotopic (exact) mass is 612 g/mol. The number of amides is 2. The molecule has 5 rings (SSSR count). The summed E-state index contributed by atoms with van der Waals surface area (Å²) >= 11 is 1.78. The van der Waals surface area contributed by atoms with E-state index < -0.39 is 23.2 Å². The van der Waals surface area contributed by atoms with E-state index in [-0.39, 0.29) is 23.7 Å². The van der Waals surface area contributed by atoms with E-state index in [0.717, 1.165) is 29.3 Å². The van der Waals surface area contributed by atoms with Crippen LogP contribution in [-0.2, 0) is 9.53 Å². The maximum Gasteiger partial charge on any atom is 0.338 e. The number of alkyl halides is 2. The molecular weight excluding hydrogens is 582 g/mol. The fourth-order valence-electron chi connectivity index (χ4n) is 5.67. The van der Waals surface area contributed by atoms with E-state index in [0.29, 0.717) is 39.2 Å². The number of fused-ring (bicyclic) bond motifs is 2. The SMILES string of the molecule is COC(=O)c1csc(-c2cc(C(=O)N[C@H]3[C@@H](C(=O)Nc4cccc(SC(C)(F)F)c4)[C@@H]4C=C[C@H]3C4)c(OC)cc2C)c1. The highest BCUT2D eigenvalue weighted by Crippen LogP contribution is 2.45. The number of aryl methyl sites for hydroxylation is 1. The minimum atomic E-state index is -2.95. The summed E-state index contributed by atoms with van der Waals surface area (Å²) in [4.78, 5) is 40.3. The van der Waals surface area contributed by atoms with Crippen molar-refractivity contribution in [3.05, 3.63) is 76.7 Å². The standard InChI is InChI=1S/C31H30F2N2O5S2/c1-16-10-24(39-3)23(14-22(16)25-12-19(15-41-25)30(38)40-4)28(36)35-27-18-9-8-17(11-18)26(27)29(37)34-20-6-5-7-21(13-20)42-31(2,32)33/h5-10,12-15,17-18,26-27H,11H2,1-4H3,(H,34,37)(H,35,36)/t17-,18+,26+,27-/m1/s1. The number of carbonyl (C=O) groups excluding carboxylic acids is 3. The molecule has 0 spiro atoms. The van der Waals surface area contributed by atoms with Crippen LogP contribution in [0, 0.1) is 24.7 Å². The topological polar surface area (TPSA) is 93.7 Å². The van der Waals surface area contributed by atoms with Gasteiger partial charge in [-0.2, -0.15) is 8.78 Å². The number of anilines is 1. The number of rotatable bonds is 9. The molecule has 2 bridgehead atoms. The molecule has 3 aromatic rings. The van der Waals surface area contributed by atoms with E-state index >= 15 is 0 Å². The lowest BCUT2D eigenvalue weighted by Crippen LogP contribution is -2.47. The van der Waals surface area contributed by atoms with Gasteiger partial charge in [0.2, 0.25) is 5.91 Å². The van der Waals surface area contributed by atoms with Crippen molar-refractivity contribution in [2.45, 2.75) is 36.5 Å². The zero-order chi connectivity index (χ0) is 30.2. The maximum absolute atomic E-state index is 13.7. The molecule has 1 heterocycles. The van der Waals surface area contributed by atoms with Crippen molar-refractivity contribution in [3.8, 4) is 16.2 Å². The van der Waals surface area contributed by atoms with Gasteiger partial charge in [-0.25, -0.2) is 4.79 Å². The average Bonchev–Trinajstić information content (AvgIpc) is 3.68. The molecule has 2 N–H and O–H groups in total. The Labute approximate surface area is 250 Å². The number of thioether (sulfide) groups is 1. The second kappa shape index (κ2) is 11.9. The zero-order valence-corrected chi connectivity index (χ0v) is 25.0. The number of allylic oxidation sites excluding steroid dienone is 1. The summed E-state index contributed by atoms with van der Waals surface area (Å²) in [6.45, 7) is 2.72. The Kier molecular flexibility index (Phi) is 8.43. The van der Waals surface area contributed by atoms with Crippen LogP contribution in [0.4, 0.5) is 14.5 Å². The second-order valence-corrected chi connectivity index (χ2v) is 12.8. The number of methoxy groups -OCH3 is 2. The lowest BCUT2D eigenvalue weighted by molar-refractivity contribution is -0.121. The Balaban J connectivity index is 1.37. The molecule has 4 atom stereocenters. The van der Waals surface area contributed by atoms with Crippen LogP contribution in [0.1, 0.15) is 39.6 Å². The Morgan fingerprint density at radius 1 is 1.07 bits per heavy atom. The van der Waals surface area contributed by atoms with Crippen molar-refractivity contribution >= 4 is 46.6 Å². The third-order valence-electron chi connectivity index (χ3n) is 7.54. The number of halogens is 2. The molecule has 1 saturated carbocycles. The van der Waals surface area contributed by atoms with Gasteiger partial charge in [0.1, 0.15) is 5.75 Å². The number of ether oxygens (including phenoxy) is 2. The first-order chi connectivity index (χ1) is 20.0. The summed E-state index contributed by atoms with van der Waals surface area (Å²) in [6, 6.07) is 11.1. The first-order valence-electron chi connectivity index (χ1n) is 13.3. The molecule has 2 aliphatic rings. The van der Waals surface area contributed by atoms with Gasteiger partial charge in [-0.15, -0.1) is 11.3 Å². The Morgan fingerprint density at radius 2 is 1.83 bits per heavy atom. The zero-order valence-electron chi connectivity index (χ0n) is 23.4. The number of benzene rings is 2. The van der Waals surface area contributed by atoms with Gasteiger partial charge >= 0.3 is 5.97 Å². The molecule has 7 nitrogen and oxygen atoms in total. The molecule has 1 fully saturated rings. The molecule has 2 amide bonds. The van der Waals surface area contributed by atoms with Crippen LogP contribution in [0.2, 0.25) is 0 Å². The number of nitrogens with one attached hydrogen (secondary N) is 2. The highest BCUT2D eigenvalue weighted by Gasteiger charge is 2.49. The summed E-state index contributed by atoms with van der Waals surface area (Å²) in [5, 5.41) is 4.72. The van der Waals surface area contributed by atoms with E-state index in [2.05, 4.69) is 10.6 Å². The number of esters is 1. The van der Waals surface area contributed by atoms with Crippen LogP contribution in [0.25, 0.3) is 10.4 Å². The quantitative estimate of drug-likeness (QED) is 0.157. The summed E-state index contributed by atoms with van der Waals surface area (Å²) in [7, 11) is 2.81. The van der Waals surface area contributed by atoms with E-state index in [4.69, 9.17) is 9.47 Å². The molecular formula is C31H30F2N2O5S2. The first kappa shape index (κ1) is 29.8. The molecule has 220 valence electrons. The predicted molar refractivity (Wildman–Crippen MR) is 159 cm³/mol. The Hall–Kier alpha value is -3.70. The molecule has 11 heteroatoms. The van der Waals surface area contributed by atoms with Crippen molar-refractivity contribution in [1.29, 1.82) is 0 Å². The number of hydrogen-bond acceptors (Lipinski definition) is 7. The van der Waals surface area contributed by atoms with Crippen LogP contribution in [-0.4, -0.2) is 43.3 Å². The largest absolute Gasteiger partial charge is 0.496 e. The van der Waals surface area contributed by atoms with Crippen LogP contribution in [0.5, 0.6) is 5.75 Å². The minimum absolute atomic E-state index is 0.0220. The summed E-state index contributed by atoms with van der Waals surface area (Å²) in [6.07, 6.45) is 4.75. The smallest absolute Gasteiger partial charge is 0.338 e. The van der Waals surface area contributed by atoms with Gasteiger partial charge in [0, 0.05) is 33.8 Å².